The van der Waals surface area contributed by atoms with Crippen molar-refractivity contribution in [2.75, 3.05) is 50.0 Å². The molecule has 162 valence electrons. The maximum Gasteiger partial charge on any atom is 0.167 e. The Morgan fingerprint density at radius 2 is 1.97 bits per heavy atom. The van der Waals surface area contributed by atoms with Crippen LogP contribution in [0.25, 0.3) is 0 Å². The van der Waals surface area contributed by atoms with Crippen LogP contribution in [-0.2, 0) is 0 Å². The number of aliphatic hydroxyl groups excluding tert-OH is 1. The van der Waals surface area contributed by atoms with E-state index < -0.39 is 5.82 Å². The number of anilines is 2. The molecule has 1 aliphatic rings. The van der Waals surface area contributed by atoms with Crippen molar-refractivity contribution < 1.29 is 14.2 Å². The summed E-state index contributed by atoms with van der Waals surface area (Å²) in [4.78, 5) is 13.1. The van der Waals surface area contributed by atoms with E-state index >= 15 is 0 Å². The van der Waals surface area contributed by atoms with Gasteiger partial charge < -0.3 is 20.5 Å². The molecule has 0 bridgehead atoms. The molecule has 1 fully saturated rings. The highest BCUT2D eigenvalue weighted by Gasteiger charge is 2.20. The van der Waals surface area contributed by atoms with E-state index in [9.17, 15) is 4.39 Å². The first-order chi connectivity index (χ1) is 14.4. The number of nitrogens with zero attached hydrogens (tertiary/aromatic N) is 4. The Hall–Kier alpha value is -2.78. The summed E-state index contributed by atoms with van der Waals surface area (Å²) >= 11 is 0. The van der Waals surface area contributed by atoms with Crippen molar-refractivity contribution >= 4 is 17.2 Å². The Kier molecular flexibility index (Phi) is 7.17. The second-order valence-corrected chi connectivity index (χ2v) is 7.58. The van der Waals surface area contributed by atoms with Crippen molar-refractivity contribution in [2.45, 2.75) is 26.4 Å². The molecule has 0 radical (unpaired) electrons. The van der Waals surface area contributed by atoms with Gasteiger partial charge in [-0.1, -0.05) is 0 Å². The van der Waals surface area contributed by atoms with Gasteiger partial charge in [0.1, 0.15) is 12.1 Å². The summed E-state index contributed by atoms with van der Waals surface area (Å²) in [5, 5.41) is 17.6. The van der Waals surface area contributed by atoms with Crippen LogP contribution in [0.3, 0.4) is 0 Å². The zero-order valence-corrected chi connectivity index (χ0v) is 17.4. The predicted octanol–water partition coefficient (Wildman–Crippen LogP) is 1.91. The average molecular weight is 417 g/mol. The molecule has 30 heavy (non-hydrogen) atoms. The van der Waals surface area contributed by atoms with Crippen molar-refractivity contribution in [2.24, 2.45) is 0 Å². The molecule has 0 aliphatic carbocycles. The number of nitrogens with two attached hydrogens (primary N) is 1. The number of nitrogen functional groups attached to an aromatic ring is 1. The minimum absolute atomic E-state index is 0.0623. The van der Waals surface area contributed by atoms with Crippen LogP contribution in [0.2, 0.25) is 0 Å². The molecule has 0 saturated carbocycles. The van der Waals surface area contributed by atoms with Crippen molar-refractivity contribution in [3.63, 3.8) is 0 Å². The molecule has 0 atom stereocenters. The third-order valence-electron chi connectivity index (χ3n) is 4.97. The Morgan fingerprint density at radius 3 is 2.63 bits per heavy atom. The zero-order valence-electron chi connectivity index (χ0n) is 17.4. The molecule has 2 heterocycles. The number of nitrogens with one attached hydrogen (secondary N) is 1. The number of hydrogen-bond acceptors (Lipinski definition) is 8. The van der Waals surface area contributed by atoms with Crippen LogP contribution in [0.5, 0.6) is 5.75 Å². The van der Waals surface area contributed by atoms with Crippen LogP contribution in [0.15, 0.2) is 24.5 Å². The summed E-state index contributed by atoms with van der Waals surface area (Å²) in [5.41, 5.74) is 7.01. The van der Waals surface area contributed by atoms with Gasteiger partial charge in [0.25, 0.3) is 0 Å². The standard InChI is InChI=1S/C21H29FN6O2/c1-14(2)30-19-10-15(17(23)11-16(19)22)21(24)18-12-20(26-13-25-18)28-7-5-27(6-8-28)4-3-9-29/h10-14,24,29H,3-9,23H2,1-2H3. The van der Waals surface area contributed by atoms with Crippen molar-refractivity contribution in [3.05, 3.63) is 41.6 Å². The summed E-state index contributed by atoms with van der Waals surface area (Å²) in [6.07, 6.45) is 2.01. The van der Waals surface area contributed by atoms with Crippen LogP contribution in [0, 0.1) is 11.2 Å². The molecular weight excluding hydrogens is 387 g/mol. The number of benzene rings is 1. The fourth-order valence-corrected chi connectivity index (χ4v) is 3.42. The molecular formula is C21H29FN6O2. The third kappa shape index (κ3) is 5.22. The summed E-state index contributed by atoms with van der Waals surface area (Å²) < 4.78 is 19.6. The van der Waals surface area contributed by atoms with E-state index in [2.05, 4.69) is 19.8 Å². The summed E-state index contributed by atoms with van der Waals surface area (Å²) in [7, 11) is 0. The van der Waals surface area contributed by atoms with Gasteiger partial charge in [0, 0.05) is 62.7 Å². The molecule has 3 rings (SSSR count). The highest BCUT2D eigenvalue weighted by atomic mass is 19.1. The smallest absolute Gasteiger partial charge is 0.167 e. The molecule has 2 aromatic rings. The van der Waals surface area contributed by atoms with Crippen LogP contribution < -0.4 is 15.4 Å². The highest BCUT2D eigenvalue weighted by molar-refractivity contribution is 6.13. The van der Waals surface area contributed by atoms with Crippen LogP contribution in [-0.4, -0.2) is 71.1 Å². The first-order valence-electron chi connectivity index (χ1n) is 10.1. The molecule has 1 saturated heterocycles. The molecule has 4 N–H and O–H groups in total. The Bertz CT molecular complexity index is 884. The molecule has 0 spiro atoms. The maximum atomic E-state index is 14.1. The number of piperazine rings is 1. The van der Waals surface area contributed by atoms with Crippen molar-refractivity contribution in [3.8, 4) is 5.75 Å². The lowest BCUT2D eigenvalue weighted by atomic mass is 10.0. The predicted molar refractivity (Wildman–Crippen MR) is 115 cm³/mol. The largest absolute Gasteiger partial charge is 0.488 e. The molecule has 0 unspecified atom stereocenters. The first kappa shape index (κ1) is 21.9. The Labute approximate surface area is 176 Å². The number of hydrogen-bond donors (Lipinski definition) is 3. The van der Waals surface area contributed by atoms with E-state index in [1.807, 2.05) is 0 Å². The molecule has 0 amide bonds. The normalized spacial score (nSPS) is 14.9. The van der Waals surface area contributed by atoms with Crippen LogP contribution in [0.4, 0.5) is 15.9 Å². The Morgan fingerprint density at radius 1 is 1.23 bits per heavy atom. The van der Waals surface area contributed by atoms with Crippen LogP contribution >= 0.6 is 0 Å². The summed E-state index contributed by atoms with van der Waals surface area (Å²) in [5.74, 6) is 0.248. The molecule has 9 heteroatoms. The van der Waals surface area contributed by atoms with Crippen molar-refractivity contribution in [1.29, 1.82) is 5.41 Å². The van der Waals surface area contributed by atoms with Gasteiger partial charge >= 0.3 is 0 Å². The molecule has 8 nitrogen and oxygen atoms in total. The number of rotatable bonds is 8. The van der Waals surface area contributed by atoms with Gasteiger partial charge in [0.15, 0.2) is 11.6 Å². The number of aromatic nitrogens is 2. The first-order valence-corrected chi connectivity index (χ1v) is 10.1. The topological polar surface area (TPSA) is 112 Å². The van der Waals surface area contributed by atoms with E-state index in [0.29, 0.717) is 11.3 Å². The monoisotopic (exact) mass is 416 g/mol. The number of ether oxygens (including phenoxy) is 1. The van der Waals surface area contributed by atoms with Gasteiger partial charge in [-0.3, -0.25) is 10.3 Å². The second-order valence-electron chi connectivity index (χ2n) is 7.58. The lowest BCUT2D eigenvalue weighted by Crippen LogP contribution is -2.47. The van der Waals surface area contributed by atoms with Gasteiger partial charge in [0.2, 0.25) is 0 Å². The summed E-state index contributed by atoms with van der Waals surface area (Å²) in [6.45, 7) is 8.08. The quantitative estimate of drug-likeness (QED) is 0.445. The van der Waals surface area contributed by atoms with Gasteiger partial charge in [0.05, 0.1) is 17.5 Å². The number of aliphatic hydroxyl groups is 1. The van der Waals surface area contributed by atoms with E-state index in [-0.39, 0.29) is 29.9 Å². The summed E-state index contributed by atoms with van der Waals surface area (Å²) in [6, 6.07) is 4.39. The van der Waals surface area contributed by atoms with Crippen molar-refractivity contribution in [1.82, 2.24) is 14.9 Å². The van der Waals surface area contributed by atoms with Gasteiger partial charge in [-0.25, -0.2) is 14.4 Å². The van der Waals surface area contributed by atoms with E-state index in [1.165, 1.54) is 18.5 Å². The fourth-order valence-electron chi connectivity index (χ4n) is 3.42. The van der Waals surface area contributed by atoms with Crippen LogP contribution in [0.1, 0.15) is 31.5 Å². The zero-order chi connectivity index (χ0) is 21.7. The molecule has 1 aromatic carbocycles. The van der Waals surface area contributed by atoms with Gasteiger partial charge in [-0.05, 0) is 26.3 Å². The lowest BCUT2D eigenvalue weighted by molar-refractivity contribution is 0.215. The molecule has 1 aliphatic heterocycles. The lowest BCUT2D eigenvalue weighted by Gasteiger charge is -2.35. The van der Waals surface area contributed by atoms with E-state index in [1.54, 1.807) is 19.9 Å². The third-order valence-corrected chi connectivity index (χ3v) is 4.97. The highest BCUT2D eigenvalue weighted by Crippen LogP contribution is 2.27. The van der Waals surface area contributed by atoms with E-state index in [4.69, 9.17) is 21.0 Å². The fraction of sp³-hybridized carbons (Fsp3) is 0.476. The van der Waals surface area contributed by atoms with Gasteiger partial charge in [-0.15, -0.1) is 0 Å². The SMILES string of the molecule is CC(C)Oc1cc(C(=N)c2cc(N3CCN(CCCO)CC3)ncn2)c(N)cc1F. The number of halogens is 1. The Balaban J connectivity index is 1.77. The molecule has 1 aromatic heterocycles. The average Bonchev–Trinajstić information content (AvgIpc) is 2.74. The van der Waals surface area contributed by atoms with E-state index in [0.717, 1.165) is 45.0 Å². The minimum atomic E-state index is -0.555. The maximum absolute atomic E-state index is 14.1. The second kappa shape index (κ2) is 9.82. The van der Waals surface area contributed by atoms with Gasteiger partial charge in [-0.2, -0.15) is 0 Å². The minimum Gasteiger partial charge on any atom is -0.488 e.